The first-order valence-corrected chi connectivity index (χ1v) is 9.86. The number of carbonyl (C=O) groups excluding carboxylic acids is 1. The van der Waals surface area contributed by atoms with Gasteiger partial charge in [-0.3, -0.25) is 9.69 Å². The van der Waals surface area contributed by atoms with Crippen molar-refractivity contribution in [2.24, 2.45) is 0 Å². The molecule has 28 heavy (non-hydrogen) atoms. The fourth-order valence-electron chi connectivity index (χ4n) is 3.85. The summed E-state index contributed by atoms with van der Waals surface area (Å²) in [5.41, 5.74) is 3.17. The molecule has 2 aliphatic rings. The first-order valence-electron chi connectivity index (χ1n) is 9.86. The Morgan fingerprint density at radius 3 is 2.79 bits per heavy atom. The molecule has 0 radical (unpaired) electrons. The van der Waals surface area contributed by atoms with Crippen molar-refractivity contribution < 1.29 is 9.90 Å². The predicted molar refractivity (Wildman–Crippen MR) is 108 cm³/mol. The van der Waals surface area contributed by atoms with Crippen LogP contribution >= 0.6 is 0 Å². The van der Waals surface area contributed by atoms with E-state index in [1.54, 1.807) is 18.3 Å². The number of aliphatic hydroxyl groups is 1. The van der Waals surface area contributed by atoms with Gasteiger partial charge in [-0.2, -0.15) is 0 Å². The van der Waals surface area contributed by atoms with E-state index in [2.05, 4.69) is 38.0 Å². The highest BCUT2D eigenvalue weighted by Gasteiger charge is 2.21. The number of rotatable bonds is 7. The molecular weight excluding hydrogens is 354 g/mol. The van der Waals surface area contributed by atoms with Gasteiger partial charge in [-0.15, -0.1) is 0 Å². The van der Waals surface area contributed by atoms with E-state index in [1.807, 2.05) is 12.1 Å². The molecule has 3 heterocycles. The maximum absolute atomic E-state index is 12.5. The molecule has 1 saturated heterocycles. The summed E-state index contributed by atoms with van der Waals surface area (Å²) >= 11 is 0. The van der Waals surface area contributed by atoms with Gasteiger partial charge in [0.1, 0.15) is 5.82 Å². The van der Waals surface area contributed by atoms with Crippen LogP contribution < -0.4 is 16.0 Å². The maximum atomic E-state index is 12.5. The molecule has 1 unspecified atom stereocenters. The Kier molecular flexibility index (Phi) is 5.85. The highest BCUT2D eigenvalue weighted by atomic mass is 16.3. The van der Waals surface area contributed by atoms with Crippen molar-refractivity contribution in [2.75, 3.05) is 31.5 Å². The lowest BCUT2D eigenvalue weighted by atomic mass is 10.1. The van der Waals surface area contributed by atoms with Crippen molar-refractivity contribution in [3.05, 3.63) is 59.3 Å². The number of carbonyl (C=O) groups is 1. The van der Waals surface area contributed by atoms with Crippen molar-refractivity contribution in [1.29, 1.82) is 0 Å². The van der Waals surface area contributed by atoms with Crippen LogP contribution in [0.1, 0.15) is 27.9 Å². The summed E-state index contributed by atoms with van der Waals surface area (Å²) in [5, 5.41) is 19.8. The SMILES string of the molecule is O=C(NC[C@H](O)CN1Cc2ccccc2C1)c1ccnc(NC2CCNC2)c1. The number of anilines is 1. The number of hydrogen-bond acceptors (Lipinski definition) is 6. The fraction of sp³-hybridized carbons (Fsp3) is 0.429. The predicted octanol–water partition coefficient (Wildman–Crippen LogP) is 0.962. The summed E-state index contributed by atoms with van der Waals surface area (Å²) in [5.74, 6) is 0.510. The van der Waals surface area contributed by atoms with Crippen molar-refractivity contribution in [3.63, 3.8) is 0 Å². The van der Waals surface area contributed by atoms with E-state index in [1.165, 1.54) is 11.1 Å². The van der Waals surface area contributed by atoms with Gasteiger partial charge in [-0.1, -0.05) is 24.3 Å². The van der Waals surface area contributed by atoms with E-state index >= 15 is 0 Å². The molecule has 0 spiro atoms. The molecule has 0 bridgehead atoms. The lowest BCUT2D eigenvalue weighted by Gasteiger charge is -2.20. The van der Waals surface area contributed by atoms with Crippen LogP contribution in [0, 0.1) is 0 Å². The topological polar surface area (TPSA) is 89.5 Å². The molecule has 1 aromatic carbocycles. The zero-order valence-corrected chi connectivity index (χ0v) is 15.9. The molecule has 2 atom stereocenters. The lowest BCUT2D eigenvalue weighted by Crippen LogP contribution is -2.38. The van der Waals surface area contributed by atoms with Gasteiger partial charge in [0.2, 0.25) is 0 Å². The molecule has 1 fully saturated rings. The lowest BCUT2D eigenvalue weighted by molar-refractivity contribution is 0.0856. The van der Waals surface area contributed by atoms with Crippen molar-refractivity contribution in [3.8, 4) is 0 Å². The zero-order chi connectivity index (χ0) is 19.3. The second kappa shape index (κ2) is 8.68. The fourth-order valence-corrected chi connectivity index (χ4v) is 3.85. The molecular formula is C21H27N5O2. The molecule has 7 heteroatoms. The molecule has 148 valence electrons. The number of pyridine rings is 1. The number of nitrogens with zero attached hydrogens (tertiary/aromatic N) is 2. The number of β-amino-alcohol motifs (C(OH)–C–C–N with tert-alkyl or cyclic N) is 1. The number of fused-ring (bicyclic) bond motifs is 1. The Hall–Kier alpha value is -2.48. The summed E-state index contributed by atoms with van der Waals surface area (Å²) in [7, 11) is 0. The molecule has 0 aliphatic carbocycles. The Balaban J connectivity index is 1.25. The third kappa shape index (κ3) is 4.67. The molecule has 4 rings (SSSR count). The van der Waals surface area contributed by atoms with E-state index in [0.717, 1.165) is 32.6 Å². The van der Waals surface area contributed by atoms with Crippen LogP contribution in [0.25, 0.3) is 0 Å². The van der Waals surface area contributed by atoms with Crippen molar-refractivity contribution >= 4 is 11.7 Å². The summed E-state index contributed by atoms with van der Waals surface area (Å²) in [6.07, 6.45) is 2.07. The second-order valence-electron chi connectivity index (χ2n) is 7.57. The highest BCUT2D eigenvalue weighted by molar-refractivity contribution is 5.94. The third-order valence-corrected chi connectivity index (χ3v) is 5.31. The molecule has 4 N–H and O–H groups in total. The van der Waals surface area contributed by atoms with Crippen molar-refractivity contribution in [2.45, 2.75) is 31.7 Å². The monoisotopic (exact) mass is 381 g/mol. The van der Waals surface area contributed by atoms with Crippen LogP contribution in [0.4, 0.5) is 5.82 Å². The quantitative estimate of drug-likeness (QED) is 0.571. The summed E-state index contributed by atoms with van der Waals surface area (Å²) in [4.78, 5) is 18.9. The first kappa shape index (κ1) is 18.9. The van der Waals surface area contributed by atoms with Crippen LogP contribution in [-0.2, 0) is 13.1 Å². The van der Waals surface area contributed by atoms with Crippen LogP contribution in [-0.4, -0.2) is 59.2 Å². The van der Waals surface area contributed by atoms with E-state index in [0.29, 0.717) is 24.0 Å². The molecule has 2 aromatic rings. The van der Waals surface area contributed by atoms with Gasteiger partial charge in [0.05, 0.1) is 6.10 Å². The van der Waals surface area contributed by atoms with Gasteiger partial charge in [0, 0.05) is 50.5 Å². The average Bonchev–Trinajstić information content (AvgIpc) is 3.35. The number of aromatic nitrogens is 1. The Morgan fingerprint density at radius 1 is 1.29 bits per heavy atom. The summed E-state index contributed by atoms with van der Waals surface area (Å²) in [6.45, 7) is 4.35. The smallest absolute Gasteiger partial charge is 0.251 e. The van der Waals surface area contributed by atoms with E-state index in [-0.39, 0.29) is 12.5 Å². The standard InChI is InChI=1S/C21H27N5O2/c27-19(14-26-12-16-3-1-2-4-17(16)13-26)11-24-21(28)15-5-8-23-20(9-15)25-18-6-7-22-10-18/h1-5,8-9,18-19,22,27H,6-7,10-14H2,(H,23,25)(H,24,28)/t18?,19-/m0/s1. The second-order valence-corrected chi connectivity index (χ2v) is 7.57. The molecule has 1 aromatic heterocycles. The summed E-state index contributed by atoms with van der Waals surface area (Å²) < 4.78 is 0. The Bertz CT molecular complexity index is 797. The van der Waals surface area contributed by atoms with Gasteiger partial charge in [0.25, 0.3) is 5.91 Å². The minimum absolute atomic E-state index is 0.196. The van der Waals surface area contributed by atoms with Gasteiger partial charge in [-0.25, -0.2) is 4.98 Å². The minimum Gasteiger partial charge on any atom is -0.390 e. The average molecular weight is 381 g/mol. The zero-order valence-electron chi connectivity index (χ0n) is 15.9. The maximum Gasteiger partial charge on any atom is 0.251 e. The number of aliphatic hydroxyl groups excluding tert-OH is 1. The molecule has 2 aliphatic heterocycles. The molecule has 0 saturated carbocycles. The van der Waals surface area contributed by atoms with Gasteiger partial charge in [0.15, 0.2) is 0 Å². The first-order chi connectivity index (χ1) is 13.7. The number of nitrogens with one attached hydrogen (secondary N) is 3. The van der Waals surface area contributed by atoms with E-state index in [4.69, 9.17) is 0 Å². The van der Waals surface area contributed by atoms with Crippen molar-refractivity contribution in [1.82, 2.24) is 20.5 Å². The highest BCUT2D eigenvalue weighted by Crippen LogP contribution is 2.22. The van der Waals surface area contributed by atoms with Crippen LogP contribution in [0.5, 0.6) is 0 Å². The molecule has 1 amide bonds. The van der Waals surface area contributed by atoms with Gasteiger partial charge in [-0.05, 0) is 36.2 Å². The van der Waals surface area contributed by atoms with Gasteiger partial charge < -0.3 is 21.1 Å². The third-order valence-electron chi connectivity index (χ3n) is 5.31. The normalized spacial score (nSPS) is 20.0. The van der Waals surface area contributed by atoms with Crippen LogP contribution in [0.15, 0.2) is 42.6 Å². The summed E-state index contributed by atoms with van der Waals surface area (Å²) in [6, 6.07) is 12.1. The largest absolute Gasteiger partial charge is 0.390 e. The molecule has 7 nitrogen and oxygen atoms in total. The number of hydrogen-bond donors (Lipinski definition) is 4. The van der Waals surface area contributed by atoms with Crippen LogP contribution in [0.3, 0.4) is 0 Å². The van der Waals surface area contributed by atoms with E-state index < -0.39 is 6.10 Å². The number of benzene rings is 1. The number of amides is 1. The Morgan fingerprint density at radius 2 is 2.07 bits per heavy atom. The van der Waals surface area contributed by atoms with E-state index in [9.17, 15) is 9.90 Å². The van der Waals surface area contributed by atoms with Gasteiger partial charge >= 0.3 is 0 Å². The van der Waals surface area contributed by atoms with Crippen LogP contribution in [0.2, 0.25) is 0 Å². The Labute approximate surface area is 165 Å². The minimum atomic E-state index is -0.609.